The Bertz CT molecular complexity index is 398. The lowest BCUT2D eigenvalue weighted by Gasteiger charge is -2.16. The molecule has 1 amide bonds. The number of hydrogen-bond acceptors (Lipinski definition) is 1. The molecule has 0 aliphatic carbocycles. The quantitative estimate of drug-likeness (QED) is 0.774. The number of primary amides is 1. The number of amides is 1. The van der Waals surface area contributed by atoms with Crippen LogP contribution >= 0.6 is 0 Å². The van der Waals surface area contributed by atoms with E-state index in [4.69, 9.17) is 5.73 Å². The maximum Gasteiger partial charge on any atom is 0.223 e. The van der Waals surface area contributed by atoms with E-state index >= 15 is 0 Å². The van der Waals surface area contributed by atoms with Crippen LogP contribution in [0.1, 0.15) is 51.3 Å². The highest BCUT2D eigenvalue weighted by Gasteiger charge is 2.15. The molecule has 0 aromatic heterocycles. The van der Waals surface area contributed by atoms with E-state index in [0.717, 1.165) is 6.42 Å². The highest BCUT2D eigenvalue weighted by molar-refractivity contribution is 5.74. The molecule has 0 radical (unpaired) electrons. The van der Waals surface area contributed by atoms with Crippen molar-refractivity contribution in [3.05, 3.63) is 35.4 Å². The lowest BCUT2D eigenvalue weighted by atomic mass is 9.99. The van der Waals surface area contributed by atoms with Gasteiger partial charge in [-0.25, -0.2) is 0 Å². The van der Waals surface area contributed by atoms with Crippen LogP contribution in [0, 0.1) is 5.92 Å². The molecule has 4 N–H and O–H groups in total. The van der Waals surface area contributed by atoms with Gasteiger partial charge in [0.25, 0.3) is 0 Å². The van der Waals surface area contributed by atoms with Crippen molar-refractivity contribution in [3.8, 4) is 0 Å². The van der Waals surface area contributed by atoms with Gasteiger partial charge in [-0.3, -0.25) is 4.79 Å². The summed E-state index contributed by atoms with van der Waals surface area (Å²) in [5.41, 5.74) is 7.90. The van der Waals surface area contributed by atoms with Gasteiger partial charge in [0.2, 0.25) is 5.91 Å². The van der Waals surface area contributed by atoms with Gasteiger partial charge in [0.05, 0.1) is 12.5 Å². The summed E-state index contributed by atoms with van der Waals surface area (Å²) in [6, 6.07) is 9.37. The van der Waals surface area contributed by atoms with Crippen molar-refractivity contribution < 1.29 is 10.1 Å². The first-order valence-electron chi connectivity index (χ1n) is 7.10. The summed E-state index contributed by atoms with van der Waals surface area (Å²) in [5.74, 6) is 0.452. The van der Waals surface area contributed by atoms with E-state index in [2.05, 4.69) is 50.4 Å². The van der Waals surface area contributed by atoms with E-state index in [1.165, 1.54) is 11.1 Å². The summed E-state index contributed by atoms with van der Waals surface area (Å²) in [5, 5.41) is 2.20. The summed E-state index contributed by atoms with van der Waals surface area (Å²) in [4.78, 5) is 10.9. The van der Waals surface area contributed by atoms with E-state index in [1.54, 1.807) is 0 Å². The van der Waals surface area contributed by atoms with Crippen LogP contribution in [0.25, 0.3) is 0 Å². The van der Waals surface area contributed by atoms with Gasteiger partial charge in [-0.2, -0.15) is 0 Å². The van der Waals surface area contributed by atoms with Gasteiger partial charge < -0.3 is 11.1 Å². The minimum atomic E-state index is -0.233. The third kappa shape index (κ3) is 5.88. The first-order chi connectivity index (χ1) is 8.88. The maximum absolute atomic E-state index is 10.9. The summed E-state index contributed by atoms with van der Waals surface area (Å²) in [6.07, 6.45) is 1.55. The molecule has 0 fully saturated rings. The molecule has 106 valence electrons. The second kappa shape index (κ2) is 7.29. The Morgan fingerprint density at radius 2 is 1.74 bits per heavy atom. The van der Waals surface area contributed by atoms with Crippen LogP contribution in [0.2, 0.25) is 0 Å². The number of benzene rings is 1. The van der Waals surface area contributed by atoms with Crippen LogP contribution in [0.15, 0.2) is 24.3 Å². The Labute approximate surface area is 116 Å². The first kappa shape index (κ1) is 15.7. The average molecular weight is 263 g/mol. The summed E-state index contributed by atoms with van der Waals surface area (Å²) < 4.78 is 0. The monoisotopic (exact) mass is 263 g/mol. The number of quaternary nitrogens is 1. The van der Waals surface area contributed by atoms with E-state index in [-0.39, 0.29) is 11.9 Å². The molecule has 0 unspecified atom stereocenters. The Morgan fingerprint density at radius 1 is 1.16 bits per heavy atom. The number of carbonyl (C=O) groups excluding carboxylic acids is 1. The predicted octanol–water partition coefficient (Wildman–Crippen LogP) is 1.77. The zero-order chi connectivity index (χ0) is 14.4. The van der Waals surface area contributed by atoms with Crippen molar-refractivity contribution in [1.82, 2.24) is 0 Å². The molecule has 2 atom stereocenters. The SMILES string of the molecule is CC(C)Cc1ccc([C@H](C)[NH2+][C@H](C)CC(N)=O)cc1. The maximum atomic E-state index is 10.9. The molecule has 3 nitrogen and oxygen atoms in total. The van der Waals surface area contributed by atoms with Crippen LogP contribution in [0.3, 0.4) is 0 Å². The van der Waals surface area contributed by atoms with Gasteiger partial charge in [0.15, 0.2) is 0 Å². The summed E-state index contributed by atoms with van der Waals surface area (Å²) >= 11 is 0. The van der Waals surface area contributed by atoms with Gasteiger partial charge in [0, 0.05) is 5.56 Å². The van der Waals surface area contributed by atoms with Crippen molar-refractivity contribution in [2.75, 3.05) is 0 Å². The van der Waals surface area contributed by atoms with Crippen molar-refractivity contribution in [1.29, 1.82) is 0 Å². The molecule has 0 aliphatic rings. The second-order valence-electron chi connectivity index (χ2n) is 5.97. The average Bonchev–Trinajstić information content (AvgIpc) is 2.27. The number of hydrogen-bond donors (Lipinski definition) is 2. The van der Waals surface area contributed by atoms with Gasteiger partial charge in [-0.1, -0.05) is 38.1 Å². The Balaban J connectivity index is 2.57. The zero-order valence-electron chi connectivity index (χ0n) is 12.5. The zero-order valence-corrected chi connectivity index (χ0v) is 12.5. The smallest absolute Gasteiger partial charge is 0.223 e. The third-order valence-corrected chi connectivity index (χ3v) is 3.29. The summed E-state index contributed by atoms with van der Waals surface area (Å²) in [6.45, 7) is 8.66. The van der Waals surface area contributed by atoms with Gasteiger partial charge in [-0.05, 0) is 31.7 Å². The number of carbonyl (C=O) groups is 1. The van der Waals surface area contributed by atoms with Crippen LogP contribution in [0.5, 0.6) is 0 Å². The van der Waals surface area contributed by atoms with Crippen molar-refractivity contribution in [2.45, 2.75) is 52.6 Å². The number of rotatable bonds is 7. The summed E-state index contributed by atoms with van der Waals surface area (Å²) in [7, 11) is 0. The second-order valence-corrected chi connectivity index (χ2v) is 5.97. The molecular weight excluding hydrogens is 236 g/mol. The molecule has 0 aliphatic heterocycles. The Morgan fingerprint density at radius 3 is 2.21 bits per heavy atom. The first-order valence-corrected chi connectivity index (χ1v) is 7.10. The molecular formula is C16H27N2O+. The van der Waals surface area contributed by atoms with E-state index in [9.17, 15) is 4.79 Å². The molecule has 0 saturated carbocycles. The normalized spacial score (nSPS) is 14.4. The van der Waals surface area contributed by atoms with Crippen LogP contribution in [0.4, 0.5) is 0 Å². The van der Waals surface area contributed by atoms with Gasteiger partial charge in [-0.15, -0.1) is 0 Å². The molecule has 0 saturated heterocycles. The molecule has 0 spiro atoms. The predicted molar refractivity (Wildman–Crippen MR) is 78.6 cm³/mol. The topological polar surface area (TPSA) is 59.7 Å². The van der Waals surface area contributed by atoms with E-state index in [1.807, 2.05) is 6.92 Å². The molecule has 19 heavy (non-hydrogen) atoms. The lowest BCUT2D eigenvalue weighted by Crippen LogP contribution is -2.89. The van der Waals surface area contributed by atoms with Crippen LogP contribution in [-0.2, 0) is 11.2 Å². The van der Waals surface area contributed by atoms with Gasteiger partial charge in [0.1, 0.15) is 6.04 Å². The lowest BCUT2D eigenvalue weighted by molar-refractivity contribution is -0.721. The van der Waals surface area contributed by atoms with Crippen molar-refractivity contribution in [2.24, 2.45) is 11.7 Å². The molecule has 3 heteroatoms. The van der Waals surface area contributed by atoms with Crippen molar-refractivity contribution >= 4 is 5.91 Å². The molecule has 0 bridgehead atoms. The fourth-order valence-corrected chi connectivity index (χ4v) is 2.42. The molecule has 1 aromatic carbocycles. The van der Waals surface area contributed by atoms with Crippen LogP contribution in [-0.4, -0.2) is 11.9 Å². The minimum absolute atomic E-state index is 0.225. The minimum Gasteiger partial charge on any atom is -0.369 e. The van der Waals surface area contributed by atoms with Crippen molar-refractivity contribution in [3.63, 3.8) is 0 Å². The van der Waals surface area contributed by atoms with Gasteiger partial charge >= 0.3 is 0 Å². The van der Waals surface area contributed by atoms with E-state index < -0.39 is 0 Å². The van der Waals surface area contributed by atoms with Crippen LogP contribution < -0.4 is 11.1 Å². The van der Waals surface area contributed by atoms with E-state index in [0.29, 0.717) is 18.4 Å². The molecule has 0 heterocycles. The highest BCUT2D eigenvalue weighted by atomic mass is 16.1. The third-order valence-electron chi connectivity index (χ3n) is 3.29. The standard InChI is InChI=1S/C16H26N2O/c1-11(2)9-14-5-7-15(8-6-14)13(4)18-12(3)10-16(17)19/h5-8,11-13,18H,9-10H2,1-4H3,(H2,17,19)/p+1/t12-,13+/m1/s1. The fraction of sp³-hybridized carbons (Fsp3) is 0.562. The fourth-order valence-electron chi connectivity index (χ4n) is 2.42. The Kier molecular flexibility index (Phi) is 6.03. The molecule has 1 aromatic rings. The number of nitrogens with two attached hydrogens (primary N) is 2. The largest absolute Gasteiger partial charge is 0.369 e. The molecule has 1 rings (SSSR count). The Hall–Kier alpha value is -1.35. The highest BCUT2D eigenvalue weighted by Crippen LogP contribution is 2.13.